The van der Waals surface area contributed by atoms with Crippen LogP contribution < -0.4 is 10.2 Å². The van der Waals surface area contributed by atoms with Gasteiger partial charge in [-0.25, -0.2) is 19.2 Å². The third-order valence-electron chi connectivity index (χ3n) is 5.31. The Morgan fingerprint density at radius 3 is 2.94 bits per heavy atom. The summed E-state index contributed by atoms with van der Waals surface area (Å²) >= 11 is 7.36. The lowest BCUT2D eigenvalue weighted by atomic mass is 10.1. The second kappa shape index (κ2) is 9.53. The fraction of sp³-hybridized carbons (Fsp3) is 0.381. The second-order valence-corrected chi connectivity index (χ2v) is 9.21. The van der Waals surface area contributed by atoms with Gasteiger partial charge < -0.3 is 20.0 Å². The van der Waals surface area contributed by atoms with Crippen LogP contribution in [0.3, 0.4) is 0 Å². The quantitative estimate of drug-likeness (QED) is 0.519. The van der Waals surface area contributed by atoms with Crippen LogP contribution in [-0.4, -0.2) is 69.5 Å². The fourth-order valence-corrected chi connectivity index (χ4v) is 4.84. The molecule has 3 aromatic rings. The number of hydrogen-bond acceptors (Lipinski definition) is 7. The topological polar surface area (TPSA) is 102 Å². The van der Waals surface area contributed by atoms with Gasteiger partial charge in [-0.3, -0.25) is 5.32 Å². The van der Waals surface area contributed by atoms with E-state index in [-0.39, 0.29) is 24.3 Å². The summed E-state index contributed by atoms with van der Waals surface area (Å²) in [5.41, 5.74) is 1.28. The van der Waals surface area contributed by atoms with Crippen LogP contribution in [0.25, 0.3) is 10.2 Å². The summed E-state index contributed by atoms with van der Waals surface area (Å²) in [5.74, 6) is -0.284. The third kappa shape index (κ3) is 4.93. The van der Waals surface area contributed by atoms with Crippen LogP contribution >= 0.6 is 22.9 Å². The Kier molecular flexibility index (Phi) is 6.75. The molecule has 0 spiro atoms. The highest BCUT2D eigenvalue weighted by Crippen LogP contribution is 2.29. The predicted octanol–water partition coefficient (Wildman–Crippen LogP) is 3.12. The summed E-state index contributed by atoms with van der Waals surface area (Å²) in [6.45, 7) is 2.74. The van der Waals surface area contributed by atoms with Crippen LogP contribution in [0.4, 0.5) is 20.1 Å². The molecule has 4 rings (SSSR count). The number of halogens is 2. The van der Waals surface area contributed by atoms with Crippen molar-refractivity contribution in [2.75, 3.05) is 36.5 Å². The zero-order chi connectivity index (χ0) is 22.8. The molecule has 2 atom stereocenters. The number of carbonyl (C=O) groups is 1. The largest absolute Gasteiger partial charge is 0.394 e. The summed E-state index contributed by atoms with van der Waals surface area (Å²) < 4.78 is 15.6. The number of fused-ring (bicyclic) bond motifs is 1. The van der Waals surface area contributed by atoms with Crippen molar-refractivity contribution in [1.82, 2.24) is 14.9 Å². The minimum absolute atomic E-state index is 0.127. The Bertz CT molecular complexity index is 1130. The number of aliphatic hydroxyl groups is 2. The monoisotopic (exact) mass is 479 g/mol. The predicted molar refractivity (Wildman–Crippen MR) is 123 cm³/mol. The lowest BCUT2D eigenvalue weighted by Gasteiger charge is -2.40. The van der Waals surface area contributed by atoms with Gasteiger partial charge in [-0.05, 0) is 36.8 Å². The number of carbonyl (C=O) groups excluding carboxylic acids is 1. The third-order valence-corrected chi connectivity index (χ3v) is 6.48. The van der Waals surface area contributed by atoms with Crippen molar-refractivity contribution < 1.29 is 19.4 Å². The summed E-state index contributed by atoms with van der Waals surface area (Å²) in [6.07, 6.45) is 0.681. The van der Waals surface area contributed by atoms with E-state index in [1.165, 1.54) is 23.6 Å². The number of amides is 2. The molecule has 3 heterocycles. The maximum Gasteiger partial charge on any atom is 0.323 e. The number of aliphatic hydroxyl groups excluding tert-OH is 2. The van der Waals surface area contributed by atoms with Crippen LogP contribution in [-0.2, 0) is 6.42 Å². The first-order valence-electron chi connectivity index (χ1n) is 10.2. The van der Waals surface area contributed by atoms with Crippen molar-refractivity contribution in [2.45, 2.75) is 25.5 Å². The van der Waals surface area contributed by atoms with Gasteiger partial charge in [0, 0.05) is 43.3 Å². The lowest BCUT2D eigenvalue weighted by molar-refractivity contribution is 0.0954. The molecular weight excluding hydrogens is 457 g/mol. The molecule has 0 bridgehead atoms. The first-order chi connectivity index (χ1) is 15.3. The number of aromatic nitrogens is 2. The molecule has 0 radical (unpaired) electrons. The Morgan fingerprint density at radius 2 is 2.22 bits per heavy atom. The number of rotatable bonds is 5. The highest BCUT2D eigenvalue weighted by atomic mass is 35.5. The van der Waals surface area contributed by atoms with Gasteiger partial charge in [-0.2, -0.15) is 0 Å². The molecule has 1 fully saturated rings. The van der Waals surface area contributed by atoms with Crippen LogP contribution in [0.2, 0.25) is 5.02 Å². The molecule has 1 aliphatic heterocycles. The molecule has 8 nitrogen and oxygen atoms in total. The van der Waals surface area contributed by atoms with E-state index in [0.29, 0.717) is 35.4 Å². The molecule has 3 N–H and O–H groups in total. The van der Waals surface area contributed by atoms with Crippen LogP contribution in [0.1, 0.15) is 12.5 Å². The molecule has 1 saturated heterocycles. The number of piperazine rings is 1. The normalized spacial score (nSPS) is 17.6. The van der Waals surface area contributed by atoms with Crippen LogP contribution in [0.15, 0.2) is 30.5 Å². The molecule has 11 heteroatoms. The van der Waals surface area contributed by atoms with Crippen molar-refractivity contribution in [2.24, 2.45) is 0 Å². The highest BCUT2D eigenvalue weighted by molar-refractivity contribution is 7.22. The van der Waals surface area contributed by atoms with E-state index < -0.39 is 18.5 Å². The van der Waals surface area contributed by atoms with Gasteiger partial charge in [0.1, 0.15) is 0 Å². The van der Waals surface area contributed by atoms with E-state index in [0.717, 1.165) is 10.2 Å². The molecule has 2 aromatic heterocycles. The van der Waals surface area contributed by atoms with Crippen LogP contribution in [0.5, 0.6) is 0 Å². The molecule has 170 valence electrons. The van der Waals surface area contributed by atoms with E-state index in [1.807, 2.05) is 24.0 Å². The van der Waals surface area contributed by atoms with E-state index in [1.54, 1.807) is 11.0 Å². The van der Waals surface area contributed by atoms with Gasteiger partial charge in [0.05, 0.1) is 22.9 Å². The van der Waals surface area contributed by atoms with Gasteiger partial charge in [0.2, 0.25) is 0 Å². The molecule has 1 aliphatic rings. The summed E-state index contributed by atoms with van der Waals surface area (Å²) in [6, 6.07) is 6.28. The second-order valence-electron chi connectivity index (χ2n) is 7.74. The van der Waals surface area contributed by atoms with E-state index in [9.17, 15) is 14.3 Å². The van der Waals surface area contributed by atoms with Gasteiger partial charge in [-0.15, -0.1) is 0 Å². The molecule has 0 aliphatic carbocycles. The Morgan fingerprint density at radius 1 is 1.41 bits per heavy atom. The maximum atomic E-state index is 14.7. The zero-order valence-electron chi connectivity index (χ0n) is 17.3. The fourth-order valence-electron chi connectivity index (χ4n) is 3.71. The number of urea groups is 1. The number of nitrogens with zero attached hydrogens (tertiary/aromatic N) is 4. The molecular formula is C21H23ClFN5O3S. The van der Waals surface area contributed by atoms with E-state index in [2.05, 4.69) is 15.3 Å². The number of hydrogen-bond donors (Lipinski definition) is 3. The average Bonchev–Trinajstić information content (AvgIpc) is 3.15. The standard InChI is InChI=1S/C21H23ClFN5O3S/c1-12-10-27(21(31)26-20-25-17-3-2-14(22)8-18(17)32-20)4-5-28(12)19-16(23)7-13(9-24-19)6-15(30)11-29/h2-3,7-9,12,15,29-30H,4-6,10-11H2,1H3,(H,25,26,31)/t12-,15+/m0/s1. The SMILES string of the molecule is C[C@H]1CN(C(=O)Nc2nc3ccc(Cl)cc3s2)CCN1c1ncc(C[C@@H](O)CO)cc1F. The van der Waals surface area contributed by atoms with Crippen molar-refractivity contribution in [3.63, 3.8) is 0 Å². The highest BCUT2D eigenvalue weighted by Gasteiger charge is 2.29. The molecule has 2 amide bonds. The number of pyridine rings is 1. The first-order valence-corrected chi connectivity index (χ1v) is 11.4. The smallest absolute Gasteiger partial charge is 0.323 e. The van der Waals surface area contributed by atoms with Crippen molar-refractivity contribution >= 4 is 50.1 Å². The zero-order valence-corrected chi connectivity index (χ0v) is 18.9. The minimum Gasteiger partial charge on any atom is -0.394 e. The number of nitrogens with one attached hydrogen (secondary N) is 1. The van der Waals surface area contributed by atoms with Gasteiger partial charge in [0.15, 0.2) is 16.8 Å². The van der Waals surface area contributed by atoms with Crippen molar-refractivity contribution in [3.05, 3.63) is 46.9 Å². The Labute approximate surface area is 193 Å². The van der Waals surface area contributed by atoms with Crippen LogP contribution in [0, 0.1) is 5.82 Å². The number of thiazole rings is 1. The minimum atomic E-state index is -0.949. The Balaban J connectivity index is 1.39. The van der Waals surface area contributed by atoms with Gasteiger partial charge >= 0.3 is 6.03 Å². The maximum absolute atomic E-state index is 14.7. The van der Waals surface area contributed by atoms with Gasteiger partial charge in [0.25, 0.3) is 0 Å². The van der Waals surface area contributed by atoms with E-state index in [4.69, 9.17) is 16.7 Å². The summed E-state index contributed by atoms with van der Waals surface area (Å²) in [4.78, 5) is 24.9. The number of benzene rings is 1. The molecule has 32 heavy (non-hydrogen) atoms. The number of anilines is 2. The molecule has 1 aromatic carbocycles. The van der Waals surface area contributed by atoms with Crippen molar-refractivity contribution in [3.8, 4) is 0 Å². The Hall–Kier alpha value is -2.53. The van der Waals surface area contributed by atoms with Crippen molar-refractivity contribution in [1.29, 1.82) is 0 Å². The molecule has 0 saturated carbocycles. The van der Waals surface area contributed by atoms with E-state index >= 15 is 0 Å². The molecule has 0 unspecified atom stereocenters. The summed E-state index contributed by atoms with van der Waals surface area (Å²) in [5, 5.41) is 22.4. The van der Waals surface area contributed by atoms with Gasteiger partial charge in [-0.1, -0.05) is 22.9 Å². The first kappa shape index (κ1) is 22.7. The lowest BCUT2D eigenvalue weighted by Crippen LogP contribution is -2.55. The average molecular weight is 480 g/mol. The summed E-state index contributed by atoms with van der Waals surface area (Å²) in [7, 11) is 0.